The van der Waals surface area contributed by atoms with Crippen molar-refractivity contribution in [2.75, 3.05) is 0 Å². The predicted molar refractivity (Wildman–Crippen MR) is 82.1 cm³/mol. The fraction of sp³-hybridized carbons (Fsp3) is 0.200. The molecule has 7 heteroatoms. The van der Waals surface area contributed by atoms with Crippen LogP contribution in [0.3, 0.4) is 0 Å². The summed E-state index contributed by atoms with van der Waals surface area (Å²) in [6.07, 6.45) is 10.6. The highest BCUT2D eigenvalue weighted by atomic mass is 16.1. The molecule has 1 aromatic heterocycles. The van der Waals surface area contributed by atoms with Gasteiger partial charge in [-0.2, -0.15) is 10.1 Å². The van der Waals surface area contributed by atoms with E-state index in [9.17, 15) is 9.59 Å². The third kappa shape index (κ3) is 3.20. The summed E-state index contributed by atoms with van der Waals surface area (Å²) in [5.74, 6) is -0.594. The Morgan fingerprint density at radius 2 is 2.23 bits per heavy atom. The van der Waals surface area contributed by atoms with Crippen molar-refractivity contribution < 1.29 is 9.59 Å². The number of aromatic nitrogens is 2. The Kier molecular flexibility index (Phi) is 3.95. The topological polar surface area (TPSA) is 89.0 Å². The summed E-state index contributed by atoms with van der Waals surface area (Å²) < 4.78 is 1.77. The first-order valence-electron chi connectivity index (χ1n) is 6.86. The quantitative estimate of drug-likeness (QED) is 0.780. The van der Waals surface area contributed by atoms with Gasteiger partial charge in [-0.25, -0.2) is 9.98 Å². The first-order valence-corrected chi connectivity index (χ1v) is 6.86. The molecule has 2 aliphatic rings. The average molecular weight is 295 g/mol. The minimum atomic E-state index is -0.367. The summed E-state index contributed by atoms with van der Waals surface area (Å²) >= 11 is 0. The molecule has 0 aromatic carbocycles. The Morgan fingerprint density at radius 1 is 1.32 bits per heavy atom. The molecule has 0 fully saturated rings. The molecule has 7 nitrogen and oxygen atoms in total. The summed E-state index contributed by atoms with van der Waals surface area (Å²) in [6.45, 7) is 0.671. The molecule has 2 amide bonds. The fourth-order valence-corrected chi connectivity index (χ4v) is 2.12. The van der Waals surface area contributed by atoms with Gasteiger partial charge in [0.05, 0.1) is 17.0 Å². The highest BCUT2D eigenvalue weighted by molar-refractivity contribution is 6.36. The molecule has 0 saturated carbocycles. The second kappa shape index (κ2) is 6.21. The lowest BCUT2D eigenvalue weighted by atomic mass is 10.0. The van der Waals surface area contributed by atoms with Crippen LogP contribution in [0.1, 0.15) is 12.8 Å². The predicted octanol–water partition coefficient (Wildman–Crippen LogP) is 1.14. The van der Waals surface area contributed by atoms with E-state index in [0.29, 0.717) is 36.4 Å². The van der Waals surface area contributed by atoms with Crippen LogP contribution < -0.4 is 0 Å². The van der Waals surface area contributed by atoms with Crippen LogP contribution in [0, 0.1) is 0 Å². The van der Waals surface area contributed by atoms with E-state index in [4.69, 9.17) is 0 Å². The minimum Gasteiger partial charge on any atom is -0.273 e. The SMILES string of the molecule is O=C(CCCn1cccn1)N=C1C=CC2=NC=NC(=O)C2=C1. The molecule has 110 valence electrons. The number of aryl methyl sites for hydroxylation is 1. The number of hydrogen-bond donors (Lipinski definition) is 0. The van der Waals surface area contributed by atoms with Crippen molar-refractivity contribution in [2.45, 2.75) is 19.4 Å². The molecule has 0 bridgehead atoms. The van der Waals surface area contributed by atoms with Crippen molar-refractivity contribution in [1.82, 2.24) is 9.78 Å². The van der Waals surface area contributed by atoms with Gasteiger partial charge in [0, 0.05) is 25.4 Å². The van der Waals surface area contributed by atoms with Gasteiger partial charge in [0.25, 0.3) is 5.91 Å². The maximum Gasteiger partial charge on any atom is 0.280 e. The third-order valence-electron chi connectivity index (χ3n) is 3.17. The van der Waals surface area contributed by atoms with E-state index >= 15 is 0 Å². The number of carbonyl (C=O) groups excluding carboxylic acids is 2. The third-order valence-corrected chi connectivity index (χ3v) is 3.17. The molecule has 22 heavy (non-hydrogen) atoms. The number of allylic oxidation sites excluding steroid dienone is 3. The molecule has 0 unspecified atom stereocenters. The van der Waals surface area contributed by atoms with Gasteiger partial charge < -0.3 is 0 Å². The fourth-order valence-electron chi connectivity index (χ4n) is 2.12. The van der Waals surface area contributed by atoms with Gasteiger partial charge in [0.2, 0.25) is 5.91 Å². The Bertz CT molecular complexity index is 751. The number of aliphatic imine (C=N–C) groups is 3. The average Bonchev–Trinajstić information content (AvgIpc) is 3.01. The summed E-state index contributed by atoms with van der Waals surface area (Å²) in [5.41, 5.74) is 1.36. The van der Waals surface area contributed by atoms with Crippen LogP contribution in [-0.2, 0) is 16.1 Å². The number of fused-ring (bicyclic) bond motifs is 1. The van der Waals surface area contributed by atoms with Crippen molar-refractivity contribution in [3.05, 3.63) is 42.3 Å². The molecular formula is C15H13N5O2. The highest BCUT2D eigenvalue weighted by Gasteiger charge is 2.19. The van der Waals surface area contributed by atoms with E-state index in [2.05, 4.69) is 20.1 Å². The van der Waals surface area contributed by atoms with E-state index < -0.39 is 0 Å². The first kappa shape index (κ1) is 14.0. The molecule has 2 heterocycles. The largest absolute Gasteiger partial charge is 0.280 e. The van der Waals surface area contributed by atoms with Crippen LogP contribution in [0.4, 0.5) is 0 Å². The van der Waals surface area contributed by atoms with Crippen LogP contribution in [0.25, 0.3) is 0 Å². The number of rotatable bonds is 4. The summed E-state index contributed by atoms with van der Waals surface area (Å²) in [7, 11) is 0. The van der Waals surface area contributed by atoms with Crippen molar-refractivity contribution in [2.24, 2.45) is 15.0 Å². The summed E-state index contributed by atoms with van der Waals surface area (Å²) in [5, 5.41) is 4.07. The molecule has 0 atom stereocenters. The smallest absolute Gasteiger partial charge is 0.273 e. The number of nitrogens with zero attached hydrogens (tertiary/aromatic N) is 5. The van der Waals surface area contributed by atoms with E-state index in [0.717, 1.165) is 0 Å². The standard InChI is InChI=1S/C15H13N5O2/c21-14(3-1-7-20-8-2-6-18-20)19-11-4-5-13-12(9-11)15(22)17-10-16-13/h2,4-6,8-10H,1,3,7H2. The molecule has 3 rings (SSSR count). The van der Waals surface area contributed by atoms with Crippen LogP contribution in [0.5, 0.6) is 0 Å². The molecule has 0 radical (unpaired) electrons. The van der Waals surface area contributed by atoms with Crippen LogP contribution in [0.2, 0.25) is 0 Å². The summed E-state index contributed by atoms with van der Waals surface area (Å²) in [6, 6.07) is 1.84. The van der Waals surface area contributed by atoms with E-state index in [1.54, 1.807) is 29.1 Å². The van der Waals surface area contributed by atoms with Crippen molar-refractivity contribution in [3.8, 4) is 0 Å². The Morgan fingerprint density at radius 3 is 3.05 bits per heavy atom. The zero-order valence-corrected chi connectivity index (χ0v) is 11.7. The number of carbonyl (C=O) groups is 2. The van der Waals surface area contributed by atoms with Gasteiger partial charge in [-0.1, -0.05) is 0 Å². The van der Waals surface area contributed by atoms with E-state index in [-0.39, 0.29) is 11.8 Å². The lowest BCUT2D eigenvalue weighted by Crippen LogP contribution is -2.18. The second-order valence-electron chi connectivity index (χ2n) is 4.76. The lowest BCUT2D eigenvalue weighted by Gasteiger charge is -2.10. The number of amides is 2. The minimum absolute atomic E-state index is 0.226. The van der Waals surface area contributed by atoms with Gasteiger partial charge in [-0.05, 0) is 30.7 Å². The van der Waals surface area contributed by atoms with Gasteiger partial charge in [-0.3, -0.25) is 14.3 Å². The molecule has 1 aliphatic heterocycles. The number of hydrogen-bond acceptors (Lipinski definition) is 4. The van der Waals surface area contributed by atoms with Crippen LogP contribution >= 0.6 is 0 Å². The van der Waals surface area contributed by atoms with E-state index in [1.165, 1.54) is 6.34 Å². The normalized spacial score (nSPS) is 18.2. The molecule has 0 spiro atoms. The summed E-state index contributed by atoms with van der Waals surface area (Å²) in [4.78, 5) is 35.1. The first-order chi connectivity index (χ1) is 10.7. The molecule has 0 N–H and O–H groups in total. The van der Waals surface area contributed by atoms with Crippen molar-refractivity contribution in [3.63, 3.8) is 0 Å². The monoisotopic (exact) mass is 295 g/mol. The van der Waals surface area contributed by atoms with Crippen molar-refractivity contribution in [1.29, 1.82) is 0 Å². The maximum atomic E-state index is 11.9. The van der Waals surface area contributed by atoms with E-state index in [1.807, 2.05) is 12.3 Å². The maximum absolute atomic E-state index is 11.9. The second-order valence-corrected chi connectivity index (χ2v) is 4.76. The Balaban J connectivity index is 1.60. The van der Waals surface area contributed by atoms with Gasteiger partial charge in [0.1, 0.15) is 6.34 Å². The zero-order chi connectivity index (χ0) is 15.4. The van der Waals surface area contributed by atoms with Gasteiger partial charge in [-0.15, -0.1) is 0 Å². The van der Waals surface area contributed by atoms with Crippen LogP contribution in [0.15, 0.2) is 57.2 Å². The molecule has 1 aliphatic carbocycles. The lowest BCUT2D eigenvalue weighted by molar-refractivity contribution is -0.118. The zero-order valence-electron chi connectivity index (χ0n) is 11.7. The van der Waals surface area contributed by atoms with Crippen LogP contribution in [-0.4, -0.2) is 39.4 Å². The Hall–Kier alpha value is -2.96. The highest BCUT2D eigenvalue weighted by Crippen LogP contribution is 2.13. The Labute approximate surface area is 126 Å². The molecule has 1 aromatic rings. The van der Waals surface area contributed by atoms with Gasteiger partial charge in [0.15, 0.2) is 0 Å². The molecule has 0 saturated heterocycles. The van der Waals surface area contributed by atoms with Crippen molar-refractivity contribution >= 4 is 29.6 Å². The van der Waals surface area contributed by atoms with Gasteiger partial charge >= 0.3 is 0 Å². The molecular weight excluding hydrogens is 282 g/mol.